The van der Waals surface area contributed by atoms with Crippen molar-refractivity contribution in [1.29, 1.82) is 0 Å². The van der Waals surface area contributed by atoms with Gasteiger partial charge in [-0.25, -0.2) is 14.4 Å². The topological polar surface area (TPSA) is 112 Å². The Morgan fingerprint density at radius 2 is 1.06 bits per heavy atom. The van der Waals surface area contributed by atoms with Gasteiger partial charge >= 0.3 is 17.9 Å². The van der Waals surface area contributed by atoms with E-state index in [9.17, 15) is 14.4 Å². The highest BCUT2D eigenvalue weighted by Gasteiger charge is 1.90. The zero-order valence-corrected chi connectivity index (χ0v) is 8.84. The molecule has 0 rings (SSSR count). The SMILES string of the molecule is C=C(C)C(=O)O.C=CC(=O)O.C=CC(=O)O. The Balaban J connectivity index is -0.000000160. The largest absolute Gasteiger partial charge is 0.478 e. The Morgan fingerprint density at radius 3 is 1.06 bits per heavy atom. The van der Waals surface area contributed by atoms with Crippen LogP contribution in [-0.2, 0) is 14.4 Å². The molecule has 0 atom stereocenters. The highest BCUT2D eigenvalue weighted by Crippen LogP contribution is 1.81. The number of aliphatic carboxylic acids is 3. The minimum absolute atomic E-state index is 0.176. The maximum absolute atomic E-state index is 9.60. The molecule has 16 heavy (non-hydrogen) atoms. The molecule has 0 aromatic carbocycles. The molecule has 0 aromatic rings. The Morgan fingerprint density at radius 1 is 0.938 bits per heavy atom. The van der Waals surface area contributed by atoms with Gasteiger partial charge in [0.1, 0.15) is 0 Å². The standard InChI is InChI=1S/C4H6O2.2C3H4O2/c1-3(2)4(5)6;2*1-2-3(4)5/h1H2,2H3,(H,5,6);2*2H,1H2,(H,4,5). The van der Waals surface area contributed by atoms with Gasteiger partial charge in [-0.1, -0.05) is 19.7 Å². The van der Waals surface area contributed by atoms with Crippen molar-refractivity contribution in [2.45, 2.75) is 6.92 Å². The second-order valence-electron chi connectivity index (χ2n) is 2.17. The molecular formula is C10H14O6. The lowest BCUT2D eigenvalue weighted by Crippen LogP contribution is -1.92. The molecule has 0 heterocycles. The van der Waals surface area contributed by atoms with Crippen molar-refractivity contribution in [2.75, 3.05) is 0 Å². The molecule has 6 nitrogen and oxygen atoms in total. The van der Waals surface area contributed by atoms with Gasteiger partial charge in [0.2, 0.25) is 0 Å². The molecular weight excluding hydrogens is 216 g/mol. The van der Waals surface area contributed by atoms with Crippen LogP contribution in [0.5, 0.6) is 0 Å². The van der Waals surface area contributed by atoms with Crippen molar-refractivity contribution in [1.82, 2.24) is 0 Å². The van der Waals surface area contributed by atoms with Crippen molar-refractivity contribution >= 4 is 17.9 Å². The number of carbonyl (C=O) groups is 3. The van der Waals surface area contributed by atoms with E-state index in [-0.39, 0.29) is 5.57 Å². The average Bonchev–Trinajstić information content (AvgIpc) is 2.19. The summed E-state index contributed by atoms with van der Waals surface area (Å²) in [5.41, 5.74) is 0.176. The molecule has 0 radical (unpaired) electrons. The molecule has 0 saturated heterocycles. The molecule has 0 aliphatic carbocycles. The molecule has 0 unspecified atom stereocenters. The monoisotopic (exact) mass is 230 g/mol. The van der Waals surface area contributed by atoms with Gasteiger partial charge in [0, 0.05) is 17.7 Å². The van der Waals surface area contributed by atoms with Crippen molar-refractivity contribution in [3.8, 4) is 0 Å². The zero-order valence-electron chi connectivity index (χ0n) is 8.84. The van der Waals surface area contributed by atoms with Gasteiger partial charge in [-0.15, -0.1) is 0 Å². The van der Waals surface area contributed by atoms with Gasteiger partial charge in [0.25, 0.3) is 0 Å². The molecule has 0 bridgehead atoms. The van der Waals surface area contributed by atoms with Crippen molar-refractivity contribution < 1.29 is 29.7 Å². The van der Waals surface area contributed by atoms with E-state index in [4.69, 9.17) is 15.3 Å². The first-order valence-corrected chi connectivity index (χ1v) is 3.78. The summed E-state index contributed by atoms with van der Waals surface area (Å²) < 4.78 is 0. The van der Waals surface area contributed by atoms with E-state index in [0.29, 0.717) is 0 Å². The van der Waals surface area contributed by atoms with E-state index in [2.05, 4.69) is 19.7 Å². The van der Waals surface area contributed by atoms with E-state index in [1.54, 1.807) is 0 Å². The molecule has 0 amide bonds. The Kier molecular flexibility index (Phi) is 15.2. The van der Waals surface area contributed by atoms with Crippen LogP contribution in [0.2, 0.25) is 0 Å². The van der Waals surface area contributed by atoms with E-state index >= 15 is 0 Å². The Bertz CT molecular complexity index is 260. The maximum Gasteiger partial charge on any atom is 0.330 e. The highest BCUT2D eigenvalue weighted by molar-refractivity contribution is 5.84. The summed E-state index contributed by atoms with van der Waals surface area (Å²) >= 11 is 0. The molecule has 0 aliphatic rings. The van der Waals surface area contributed by atoms with Crippen LogP contribution in [0.1, 0.15) is 6.92 Å². The van der Waals surface area contributed by atoms with Crippen LogP contribution >= 0.6 is 0 Å². The Hall–Kier alpha value is -2.37. The molecule has 0 fully saturated rings. The normalized spacial score (nSPS) is 6.81. The van der Waals surface area contributed by atoms with E-state index in [0.717, 1.165) is 12.2 Å². The average molecular weight is 230 g/mol. The van der Waals surface area contributed by atoms with Gasteiger partial charge in [0.05, 0.1) is 0 Å². The lowest BCUT2D eigenvalue weighted by atomic mass is 10.4. The third-order valence-electron chi connectivity index (χ3n) is 0.714. The van der Waals surface area contributed by atoms with Crippen LogP contribution in [0.25, 0.3) is 0 Å². The van der Waals surface area contributed by atoms with Gasteiger partial charge in [0.15, 0.2) is 0 Å². The predicted molar refractivity (Wildman–Crippen MR) is 58.1 cm³/mol. The summed E-state index contributed by atoms with van der Waals surface area (Å²) in [6.45, 7) is 10.5. The minimum Gasteiger partial charge on any atom is -0.478 e. The summed E-state index contributed by atoms with van der Waals surface area (Å²) in [6.07, 6.45) is 1.67. The van der Waals surface area contributed by atoms with Crippen molar-refractivity contribution in [3.05, 3.63) is 37.5 Å². The van der Waals surface area contributed by atoms with Gasteiger partial charge in [-0.05, 0) is 6.92 Å². The number of carboxylic acid groups (broad SMARTS) is 3. The zero-order chi connectivity index (χ0) is 13.7. The third kappa shape index (κ3) is 41.5. The van der Waals surface area contributed by atoms with Gasteiger partial charge in [-0.3, -0.25) is 0 Å². The first kappa shape index (κ1) is 19.2. The molecule has 90 valence electrons. The van der Waals surface area contributed by atoms with E-state index < -0.39 is 17.9 Å². The summed E-state index contributed by atoms with van der Waals surface area (Å²) in [5, 5.41) is 23.1. The number of carboxylic acids is 3. The van der Waals surface area contributed by atoms with Crippen LogP contribution < -0.4 is 0 Å². The minimum atomic E-state index is -0.981. The van der Waals surface area contributed by atoms with Crippen molar-refractivity contribution in [3.63, 3.8) is 0 Å². The van der Waals surface area contributed by atoms with Crippen LogP contribution in [0.15, 0.2) is 37.5 Å². The fraction of sp³-hybridized carbons (Fsp3) is 0.100. The first-order chi connectivity index (χ1) is 7.18. The number of hydrogen-bond acceptors (Lipinski definition) is 3. The molecule has 6 heteroatoms. The number of hydrogen-bond donors (Lipinski definition) is 3. The lowest BCUT2D eigenvalue weighted by Gasteiger charge is -1.79. The molecule has 0 spiro atoms. The van der Waals surface area contributed by atoms with Crippen LogP contribution in [0.4, 0.5) is 0 Å². The third-order valence-corrected chi connectivity index (χ3v) is 0.714. The first-order valence-electron chi connectivity index (χ1n) is 3.78. The maximum atomic E-state index is 9.60. The molecule has 0 saturated carbocycles. The molecule has 0 aliphatic heterocycles. The highest BCUT2D eigenvalue weighted by atomic mass is 16.4. The second kappa shape index (κ2) is 12.6. The smallest absolute Gasteiger partial charge is 0.330 e. The fourth-order valence-corrected chi connectivity index (χ4v) is 0. The molecule has 3 N–H and O–H groups in total. The quantitative estimate of drug-likeness (QED) is 0.627. The summed E-state index contributed by atoms with van der Waals surface area (Å²) in [4.78, 5) is 28.1. The molecule has 0 aromatic heterocycles. The van der Waals surface area contributed by atoms with Gasteiger partial charge < -0.3 is 15.3 Å². The fourth-order valence-electron chi connectivity index (χ4n) is 0. The summed E-state index contributed by atoms with van der Waals surface area (Å²) in [6, 6.07) is 0. The van der Waals surface area contributed by atoms with Crippen LogP contribution in [0.3, 0.4) is 0 Å². The van der Waals surface area contributed by atoms with E-state index in [1.165, 1.54) is 6.92 Å². The summed E-state index contributed by atoms with van der Waals surface area (Å²) in [7, 11) is 0. The summed E-state index contributed by atoms with van der Waals surface area (Å²) in [5.74, 6) is -2.90. The van der Waals surface area contributed by atoms with Crippen LogP contribution in [-0.4, -0.2) is 33.2 Å². The van der Waals surface area contributed by atoms with Crippen LogP contribution in [0, 0.1) is 0 Å². The predicted octanol–water partition coefficient (Wildman–Crippen LogP) is 1.16. The van der Waals surface area contributed by atoms with Gasteiger partial charge in [-0.2, -0.15) is 0 Å². The number of rotatable bonds is 3. The second-order valence-corrected chi connectivity index (χ2v) is 2.17. The Labute approximate surface area is 92.8 Å². The van der Waals surface area contributed by atoms with E-state index in [1.807, 2.05) is 0 Å². The lowest BCUT2D eigenvalue weighted by molar-refractivity contribution is -0.133. The van der Waals surface area contributed by atoms with Crippen molar-refractivity contribution in [2.24, 2.45) is 0 Å².